The molecule has 0 unspecified atom stereocenters. The molecule has 1 aromatic heterocycles. The van der Waals surface area contributed by atoms with Gasteiger partial charge in [0.25, 0.3) is 0 Å². The third-order valence-electron chi connectivity index (χ3n) is 3.14. The summed E-state index contributed by atoms with van der Waals surface area (Å²) in [5.41, 5.74) is 7.30. The van der Waals surface area contributed by atoms with Crippen molar-refractivity contribution in [2.24, 2.45) is 5.73 Å². The van der Waals surface area contributed by atoms with Gasteiger partial charge in [-0.1, -0.05) is 19.1 Å². The number of aromatic nitrogens is 3. The van der Waals surface area contributed by atoms with Crippen LogP contribution in [0.1, 0.15) is 36.6 Å². The molecule has 19 heavy (non-hydrogen) atoms. The van der Waals surface area contributed by atoms with E-state index >= 15 is 0 Å². The molecule has 0 aliphatic rings. The van der Waals surface area contributed by atoms with E-state index in [1.54, 1.807) is 12.1 Å². The Morgan fingerprint density at radius 3 is 2.58 bits per heavy atom. The summed E-state index contributed by atoms with van der Waals surface area (Å²) in [6.07, 6.45) is 1.71. The van der Waals surface area contributed by atoms with Crippen LogP contribution in [0.5, 0.6) is 5.75 Å². The van der Waals surface area contributed by atoms with E-state index in [0.717, 1.165) is 30.2 Å². The number of benzene rings is 1. The maximum Gasteiger partial charge on any atom is 0.150 e. The lowest BCUT2D eigenvalue weighted by molar-refractivity contribution is 0.475. The standard InChI is InChI=1S/C14H20N4O/c1-3-8-18-10(2)16-17-14(18)13(15)9-11-4-6-12(19)7-5-11/h4-7,13,19H,3,8-9,15H2,1-2H3/t13-/m1/s1. The van der Waals surface area contributed by atoms with Crippen LogP contribution in [-0.2, 0) is 13.0 Å². The zero-order valence-electron chi connectivity index (χ0n) is 11.4. The molecule has 2 rings (SSSR count). The SMILES string of the molecule is CCCn1c(C)nnc1[C@H](N)Cc1ccc(O)cc1. The Balaban J connectivity index is 2.15. The number of hydrogen-bond acceptors (Lipinski definition) is 4. The highest BCUT2D eigenvalue weighted by Crippen LogP contribution is 2.18. The summed E-state index contributed by atoms with van der Waals surface area (Å²) in [6.45, 7) is 4.95. The van der Waals surface area contributed by atoms with Crippen LogP contribution in [0.25, 0.3) is 0 Å². The van der Waals surface area contributed by atoms with E-state index in [4.69, 9.17) is 5.73 Å². The third-order valence-corrected chi connectivity index (χ3v) is 3.14. The minimum absolute atomic E-state index is 0.183. The number of phenolic OH excluding ortho intramolecular Hbond substituents is 1. The highest BCUT2D eigenvalue weighted by atomic mass is 16.3. The number of rotatable bonds is 5. The molecule has 1 heterocycles. The lowest BCUT2D eigenvalue weighted by Crippen LogP contribution is -2.19. The summed E-state index contributed by atoms with van der Waals surface area (Å²) in [7, 11) is 0. The van der Waals surface area contributed by atoms with Crippen molar-refractivity contribution in [1.82, 2.24) is 14.8 Å². The molecule has 0 saturated heterocycles. The van der Waals surface area contributed by atoms with Gasteiger partial charge in [0.1, 0.15) is 17.4 Å². The smallest absolute Gasteiger partial charge is 0.150 e. The fourth-order valence-corrected chi connectivity index (χ4v) is 2.15. The molecule has 5 heteroatoms. The van der Waals surface area contributed by atoms with Gasteiger partial charge in [0.05, 0.1) is 6.04 Å². The number of phenols is 1. The first-order valence-electron chi connectivity index (χ1n) is 6.55. The second-order valence-electron chi connectivity index (χ2n) is 4.73. The molecule has 1 aromatic carbocycles. The molecule has 0 saturated carbocycles. The van der Waals surface area contributed by atoms with Crippen molar-refractivity contribution < 1.29 is 5.11 Å². The van der Waals surface area contributed by atoms with Gasteiger partial charge in [0.2, 0.25) is 0 Å². The van der Waals surface area contributed by atoms with Crippen LogP contribution in [0.4, 0.5) is 0 Å². The van der Waals surface area contributed by atoms with Crippen LogP contribution < -0.4 is 5.73 Å². The van der Waals surface area contributed by atoms with Gasteiger partial charge >= 0.3 is 0 Å². The lowest BCUT2D eigenvalue weighted by Gasteiger charge is -2.13. The molecule has 1 atom stereocenters. The second kappa shape index (κ2) is 5.84. The Morgan fingerprint density at radius 2 is 1.95 bits per heavy atom. The van der Waals surface area contributed by atoms with Crippen LogP contribution in [0.2, 0.25) is 0 Å². The number of nitrogens with zero attached hydrogens (tertiary/aromatic N) is 3. The van der Waals surface area contributed by atoms with Crippen molar-refractivity contribution in [2.45, 2.75) is 39.3 Å². The Kier molecular flexibility index (Phi) is 4.16. The van der Waals surface area contributed by atoms with Crippen LogP contribution in [-0.4, -0.2) is 19.9 Å². The van der Waals surface area contributed by atoms with E-state index in [2.05, 4.69) is 21.7 Å². The van der Waals surface area contributed by atoms with Gasteiger partial charge in [-0.25, -0.2) is 0 Å². The molecule has 0 aliphatic carbocycles. The summed E-state index contributed by atoms with van der Waals surface area (Å²) < 4.78 is 2.07. The lowest BCUT2D eigenvalue weighted by atomic mass is 10.1. The Hall–Kier alpha value is -1.88. The summed E-state index contributed by atoms with van der Waals surface area (Å²) in [4.78, 5) is 0. The van der Waals surface area contributed by atoms with E-state index < -0.39 is 0 Å². The van der Waals surface area contributed by atoms with Crippen LogP contribution in [0.3, 0.4) is 0 Å². The highest BCUT2D eigenvalue weighted by Gasteiger charge is 2.16. The van der Waals surface area contributed by atoms with Crippen LogP contribution in [0.15, 0.2) is 24.3 Å². The Bertz CT molecular complexity index is 533. The monoisotopic (exact) mass is 260 g/mol. The number of hydrogen-bond donors (Lipinski definition) is 2. The Labute approximate surface area is 113 Å². The maximum atomic E-state index is 9.27. The van der Waals surface area contributed by atoms with Crippen molar-refractivity contribution in [3.8, 4) is 5.75 Å². The molecule has 5 nitrogen and oxygen atoms in total. The molecule has 0 fully saturated rings. The molecular formula is C14H20N4O. The van der Waals surface area contributed by atoms with Gasteiger partial charge in [0, 0.05) is 6.54 Å². The fraction of sp³-hybridized carbons (Fsp3) is 0.429. The van der Waals surface area contributed by atoms with Gasteiger partial charge in [-0.2, -0.15) is 0 Å². The predicted octanol–water partition coefficient (Wildman–Crippen LogP) is 1.94. The normalized spacial score (nSPS) is 12.6. The molecule has 3 N–H and O–H groups in total. The van der Waals surface area contributed by atoms with Gasteiger partial charge in [-0.05, 0) is 37.5 Å². The van der Waals surface area contributed by atoms with E-state index in [1.807, 2.05) is 19.1 Å². The van der Waals surface area contributed by atoms with Crippen molar-refractivity contribution >= 4 is 0 Å². The predicted molar refractivity (Wildman–Crippen MR) is 73.8 cm³/mol. The van der Waals surface area contributed by atoms with E-state index in [1.165, 1.54) is 0 Å². The van der Waals surface area contributed by atoms with Crippen molar-refractivity contribution in [1.29, 1.82) is 0 Å². The largest absolute Gasteiger partial charge is 0.508 e. The molecule has 0 amide bonds. The zero-order valence-corrected chi connectivity index (χ0v) is 11.4. The van der Waals surface area contributed by atoms with Gasteiger partial charge < -0.3 is 15.4 Å². The summed E-state index contributed by atoms with van der Waals surface area (Å²) in [6, 6.07) is 6.91. The average molecular weight is 260 g/mol. The molecule has 0 radical (unpaired) electrons. The molecular weight excluding hydrogens is 240 g/mol. The first-order valence-corrected chi connectivity index (χ1v) is 6.55. The average Bonchev–Trinajstić information content (AvgIpc) is 2.75. The second-order valence-corrected chi connectivity index (χ2v) is 4.73. The minimum Gasteiger partial charge on any atom is -0.508 e. The van der Waals surface area contributed by atoms with Crippen molar-refractivity contribution in [3.05, 3.63) is 41.5 Å². The molecule has 2 aromatic rings. The number of aromatic hydroxyl groups is 1. The number of nitrogens with two attached hydrogens (primary N) is 1. The van der Waals surface area contributed by atoms with Gasteiger partial charge in [-0.15, -0.1) is 10.2 Å². The topological polar surface area (TPSA) is 77.0 Å². The third kappa shape index (κ3) is 3.12. The molecule has 0 bridgehead atoms. The van der Waals surface area contributed by atoms with Crippen LogP contribution >= 0.6 is 0 Å². The highest BCUT2D eigenvalue weighted by molar-refractivity contribution is 5.26. The van der Waals surface area contributed by atoms with Crippen molar-refractivity contribution in [3.63, 3.8) is 0 Å². The van der Waals surface area contributed by atoms with E-state index in [-0.39, 0.29) is 11.8 Å². The minimum atomic E-state index is -0.183. The molecule has 0 aliphatic heterocycles. The summed E-state index contributed by atoms with van der Waals surface area (Å²) >= 11 is 0. The van der Waals surface area contributed by atoms with Crippen LogP contribution in [0, 0.1) is 6.92 Å². The van der Waals surface area contributed by atoms with Gasteiger partial charge in [0.15, 0.2) is 0 Å². The first-order chi connectivity index (χ1) is 9.11. The van der Waals surface area contributed by atoms with E-state index in [9.17, 15) is 5.11 Å². The molecule has 102 valence electrons. The summed E-state index contributed by atoms with van der Waals surface area (Å²) in [5, 5.41) is 17.6. The Morgan fingerprint density at radius 1 is 1.26 bits per heavy atom. The number of aryl methyl sites for hydroxylation is 1. The maximum absolute atomic E-state index is 9.27. The van der Waals surface area contributed by atoms with E-state index in [0.29, 0.717) is 6.42 Å². The van der Waals surface area contributed by atoms with Crippen molar-refractivity contribution in [2.75, 3.05) is 0 Å². The summed E-state index contributed by atoms with van der Waals surface area (Å²) in [5.74, 6) is 1.99. The molecule has 0 spiro atoms. The quantitative estimate of drug-likeness (QED) is 0.861. The zero-order chi connectivity index (χ0) is 13.8. The fourth-order valence-electron chi connectivity index (χ4n) is 2.15. The first kappa shape index (κ1) is 13.5. The van der Waals surface area contributed by atoms with Gasteiger partial charge in [-0.3, -0.25) is 0 Å².